The molecule has 0 saturated heterocycles. The van der Waals surface area contributed by atoms with Gasteiger partial charge >= 0.3 is 5.97 Å². The zero-order valence-electron chi connectivity index (χ0n) is 12.9. The van der Waals surface area contributed by atoms with Gasteiger partial charge in [-0.2, -0.15) is 0 Å². The molecule has 7 heteroatoms. The van der Waals surface area contributed by atoms with Crippen LogP contribution in [0.5, 0.6) is 17.2 Å². The van der Waals surface area contributed by atoms with Gasteiger partial charge in [-0.05, 0) is 29.8 Å². The van der Waals surface area contributed by atoms with E-state index in [1.807, 2.05) is 6.07 Å². The lowest BCUT2D eigenvalue weighted by Gasteiger charge is -2.10. The Morgan fingerprint density at radius 2 is 1.92 bits per heavy atom. The fourth-order valence-corrected chi connectivity index (χ4v) is 1.83. The fourth-order valence-electron chi connectivity index (χ4n) is 1.83. The summed E-state index contributed by atoms with van der Waals surface area (Å²) in [6, 6.07) is 13.5. The number of nitro groups is 1. The smallest absolute Gasteiger partial charge is 0.349 e. The van der Waals surface area contributed by atoms with Crippen LogP contribution in [0.3, 0.4) is 0 Å². The fraction of sp³-hybridized carbons (Fsp3) is 0.118. The Hall–Kier alpha value is -3.35. The van der Waals surface area contributed by atoms with Crippen LogP contribution in [0.2, 0.25) is 0 Å². The molecule has 0 atom stereocenters. The van der Waals surface area contributed by atoms with Crippen molar-refractivity contribution in [1.82, 2.24) is 0 Å². The Kier molecular flexibility index (Phi) is 5.90. The van der Waals surface area contributed by atoms with Gasteiger partial charge in [0, 0.05) is 6.08 Å². The molecule has 0 spiro atoms. The number of benzene rings is 2. The molecule has 0 saturated carbocycles. The monoisotopic (exact) mass is 329 g/mol. The van der Waals surface area contributed by atoms with Gasteiger partial charge in [0.15, 0.2) is 18.1 Å². The molecule has 0 N–H and O–H groups in total. The Morgan fingerprint density at radius 3 is 2.58 bits per heavy atom. The highest BCUT2D eigenvalue weighted by atomic mass is 16.6. The second-order valence-electron chi connectivity index (χ2n) is 4.59. The van der Waals surface area contributed by atoms with Crippen molar-refractivity contribution in [2.75, 3.05) is 13.7 Å². The standard InChI is InChI=1S/C17H15NO6/c1-22-16-11-13(9-10-18(20)21)7-8-15(16)24-17(19)12-23-14-5-3-2-4-6-14/h2-11H,12H2,1H3/b10-9+. The van der Waals surface area contributed by atoms with Crippen molar-refractivity contribution in [1.29, 1.82) is 0 Å². The largest absolute Gasteiger partial charge is 0.493 e. The molecule has 2 aromatic rings. The van der Waals surface area contributed by atoms with Crippen molar-refractivity contribution >= 4 is 12.0 Å². The van der Waals surface area contributed by atoms with Crippen LogP contribution in [-0.2, 0) is 4.79 Å². The van der Waals surface area contributed by atoms with Gasteiger partial charge in [0.2, 0.25) is 6.20 Å². The molecular weight excluding hydrogens is 314 g/mol. The average Bonchev–Trinajstić information content (AvgIpc) is 2.60. The quantitative estimate of drug-likeness (QED) is 0.336. The van der Waals surface area contributed by atoms with Crippen LogP contribution in [0.15, 0.2) is 54.7 Å². The summed E-state index contributed by atoms with van der Waals surface area (Å²) < 4.78 is 15.6. The molecule has 0 aliphatic heterocycles. The van der Waals surface area contributed by atoms with E-state index in [0.29, 0.717) is 11.3 Å². The summed E-state index contributed by atoms with van der Waals surface area (Å²) >= 11 is 0. The molecule has 7 nitrogen and oxygen atoms in total. The van der Waals surface area contributed by atoms with Crippen LogP contribution in [0.1, 0.15) is 5.56 Å². The van der Waals surface area contributed by atoms with Crippen molar-refractivity contribution in [2.24, 2.45) is 0 Å². The molecular formula is C17H15NO6. The second-order valence-corrected chi connectivity index (χ2v) is 4.59. The summed E-state index contributed by atoms with van der Waals surface area (Å²) in [6.07, 6.45) is 2.13. The second kappa shape index (κ2) is 8.33. The zero-order valence-corrected chi connectivity index (χ0v) is 12.9. The number of para-hydroxylation sites is 1. The SMILES string of the molecule is COc1cc(/C=C/[N+](=O)[O-])ccc1OC(=O)COc1ccccc1. The van der Waals surface area contributed by atoms with Gasteiger partial charge in [-0.25, -0.2) is 4.79 Å². The Labute approximate surface area is 138 Å². The number of rotatable bonds is 7. The first-order valence-corrected chi connectivity index (χ1v) is 6.97. The molecule has 0 amide bonds. The van der Waals surface area contributed by atoms with Crippen LogP contribution < -0.4 is 14.2 Å². The van der Waals surface area contributed by atoms with Crippen molar-refractivity contribution in [3.8, 4) is 17.2 Å². The molecule has 2 rings (SSSR count). The van der Waals surface area contributed by atoms with Crippen molar-refractivity contribution in [3.05, 3.63) is 70.4 Å². The van der Waals surface area contributed by atoms with E-state index in [9.17, 15) is 14.9 Å². The summed E-state index contributed by atoms with van der Waals surface area (Å²) in [7, 11) is 1.41. The highest BCUT2D eigenvalue weighted by Crippen LogP contribution is 2.28. The minimum atomic E-state index is -0.592. The van der Waals surface area contributed by atoms with Gasteiger partial charge in [-0.3, -0.25) is 10.1 Å². The van der Waals surface area contributed by atoms with E-state index in [0.717, 1.165) is 6.20 Å². The number of carbonyl (C=O) groups excluding carboxylic acids is 1. The summed E-state index contributed by atoms with van der Waals surface area (Å²) in [5, 5.41) is 10.3. The highest BCUT2D eigenvalue weighted by molar-refractivity contribution is 5.75. The van der Waals surface area contributed by atoms with E-state index < -0.39 is 10.9 Å². The molecule has 0 aliphatic rings. The molecule has 0 aromatic heterocycles. The third-order valence-electron chi connectivity index (χ3n) is 2.90. The normalized spacial score (nSPS) is 10.4. The maximum atomic E-state index is 11.8. The minimum absolute atomic E-state index is 0.206. The molecule has 0 radical (unpaired) electrons. The number of carbonyl (C=O) groups is 1. The Morgan fingerprint density at radius 1 is 1.17 bits per heavy atom. The van der Waals surface area contributed by atoms with Gasteiger partial charge in [-0.1, -0.05) is 24.3 Å². The summed E-state index contributed by atoms with van der Waals surface area (Å²) in [5.41, 5.74) is 0.545. The number of hydrogen-bond acceptors (Lipinski definition) is 6. The molecule has 0 unspecified atom stereocenters. The molecule has 0 aliphatic carbocycles. The van der Waals surface area contributed by atoms with Gasteiger partial charge in [0.05, 0.1) is 12.0 Å². The van der Waals surface area contributed by atoms with Crippen molar-refractivity contribution in [2.45, 2.75) is 0 Å². The van der Waals surface area contributed by atoms with Gasteiger partial charge in [0.1, 0.15) is 5.75 Å². The van der Waals surface area contributed by atoms with Crippen molar-refractivity contribution < 1.29 is 23.9 Å². The molecule has 2 aromatic carbocycles. The van der Waals surface area contributed by atoms with E-state index in [1.165, 1.54) is 25.3 Å². The first kappa shape index (κ1) is 17.0. The van der Waals surface area contributed by atoms with Crippen LogP contribution >= 0.6 is 0 Å². The minimum Gasteiger partial charge on any atom is -0.493 e. The van der Waals surface area contributed by atoms with Crippen LogP contribution in [0.4, 0.5) is 0 Å². The third-order valence-corrected chi connectivity index (χ3v) is 2.90. The first-order valence-electron chi connectivity index (χ1n) is 6.97. The summed E-state index contributed by atoms with van der Waals surface area (Å²) in [5.74, 6) is 0.457. The summed E-state index contributed by atoms with van der Waals surface area (Å²) in [6.45, 7) is -0.254. The van der Waals surface area contributed by atoms with Crippen LogP contribution in [0.25, 0.3) is 6.08 Å². The van der Waals surface area contributed by atoms with E-state index in [2.05, 4.69) is 0 Å². The topological polar surface area (TPSA) is 87.9 Å². The molecule has 24 heavy (non-hydrogen) atoms. The Bertz CT molecular complexity index is 742. The lowest BCUT2D eigenvalue weighted by Crippen LogP contribution is -2.18. The summed E-state index contributed by atoms with van der Waals surface area (Å²) in [4.78, 5) is 21.6. The first-order chi connectivity index (χ1) is 11.6. The van der Waals surface area contributed by atoms with Crippen LogP contribution in [-0.4, -0.2) is 24.6 Å². The van der Waals surface area contributed by atoms with Crippen molar-refractivity contribution in [3.63, 3.8) is 0 Å². The molecule has 0 heterocycles. The number of esters is 1. The van der Waals surface area contributed by atoms with Gasteiger partial charge < -0.3 is 14.2 Å². The van der Waals surface area contributed by atoms with Gasteiger partial charge in [-0.15, -0.1) is 0 Å². The molecule has 124 valence electrons. The maximum absolute atomic E-state index is 11.8. The lowest BCUT2D eigenvalue weighted by molar-refractivity contribution is -0.400. The number of ether oxygens (including phenoxy) is 3. The number of hydrogen-bond donors (Lipinski definition) is 0. The average molecular weight is 329 g/mol. The van der Waals surface area contributed by atoms with E-state index in [1.54, 1.807) is 30.3 Å². The maximum Gasteiger partial charge on any atom is 0.349 e. The number of methoxy groups -OCH3 is 1. The van der Waals surface area contributed by atoms with Crippen LogP contribution in [0, 0.1) is 10.1 Å². The number of nitrogens with zero attached hydrogens (tertiary/aromatic N) is 1. The predicted octanol–water partition coefficient (Wildman–Crippen LogP) is 2.93. The van der Waals surface area contributed by atoms with E-state index in [4.69, 9.17) is 14.2 Å². The lowest BCUT2D eigenvalue weighted by atomic mass is 10.2. The van der Waals surface area contributed by atoms with Gasteiger partial charge in [0.25, 0.3) is 0 Å². The molecule has 0 fully saturated rings. The van der Waals surface area contributed by atoms with E-state index in [-0.39, 0.29) is 18.1 Å². The molecule has 0 bridgehead atoms. The van der Waals surface area contributed by atoms with E-state index >= 15 is 0 Å². The Balaban J connectivity index is 2.00. The predicted molar refractivity (Wildman–Crippen MR) is 86.6 cm³/mol. The highest BCUT2D eigenvalue weighted by Gasteiger charge is 2.11. The zero-order chi connectivity index (χ0) is 17.4. The third kappa shape index (κ3) is 5.13.